The van der Waals surface area contributed by atoms with E-state index < -0.39 is 0 Å². The molecule has 1 aliphatic heterocycles. The monoisotopic (exact) mass is 291 g/mol. The van der Waals surface area contributed by atoms with Crippen LogP contribution in [0.5, 0.6) is 0 Å². The summed E-state index contributed by atoms with van der Waals surface area (Å²) in [6.07, 6.45) is 1.21. The van der Waals surface area contributed by atoms with Gasteiger partial charge in [0.1, 0.15) is 0 Å². The van der Waals surface area contributed by atoms with Crippen LogP contribution in [0.2, 0.25) is 0 Å². The number of aliphatic hydroxyl groups is 1. The molecular formula is C17H29N3O. The lowest BCUT2D eigenvalue weighted by Gasteiger charge is -2.37. The highest BCUT2D eigenvalue weighted by molar-refractivity contribution is 5.55. The first-order chi connectivity index (χ1) is 10.1. The van der Waals surface area contributed by atoms with Gasteiger partial charge in [0.15, 0.2) is 0 Å². The Hall–Kier alpha value is -1.26. The van der Waals surface area contributed by atoms with Crippen molar-refractivity contribution in [1.29, 1.82) is 0 Å². The second kappa shape index (κ2) is 7.66. The molecule has 1 aliphatic rings. The molecule has 118 valence electrons. The molecule has 0 radical (unpaired) electrons. The summed E-state index contributed by atoms with van der Waals surface area (Å²) < 4.78 is 0. The Balaban J connectivity index is 1.91. The van der Waals surface area contributed by atoms with Crippen LogP contribution in [0.1, 0.15) is 20.3 Å². The molecular weight excluding hydrogens is 262 g/mol. The summed E-state index contributed by atoms with van der Waals surface area (Å²) in [5.74, 6) is 0.676. The maximum atomic E-state index is 8.98. The molecule has 0 saturated carbocycles. The van der Waals surface area contributed by atoms with Crippen LogP contribution in [0.25, 0.3) is 0 Å². The molecule has 0 spiro atoms. The fourth-order valence-electron chi connectivity index (χ4n) is 3.04. The number of rotatable bonds is 6. The number of nitrogens with one attached hydrogen (secondary N) is 1. The molecule has 4 nitrogen and oxygen atoms in total. The Morgan fingerprint density at radius 2 is 2.05 bits per heavy atom. The minimum atomic E-state index is 0.185. The van der Waals surface area contributed by atoms with Crippen LogP contribution in [0.15, 0.2) is 24.3 Å². The summed E-state index contributed by atoms with van der Waals surface area (Å²) in [5, 5.41) is 12.7. The molecule has 0 bridgehead atoms. The number of benzene rings is 1. The number of nitrogens with zero attached hydrogens (tertiary/aromatic N) is 2. The molecule has 0 aliphatic carbocycles. The van der Waals surface area contributed by atoms with Crippen LogP contribution >= 0.6 is 0 Å². The number of aliphatic hydroxyl groups excluding tert-OH is 1. The summed E-state index contributed by atoms with van der Waals surface area (Å²) in [6.45, 7) is 8.96. The lowest BCUT2D eigenvalue weighted by atomic mass is 9.93. The largest absolute Gasteiger partial charge is 0.395 e. The first kappa shape index (κ1) is 16.1. The molecule has 2 atom stereocenters. The average molecular weight is 291 g/mol. The third kappa shape index (κ3) is 4.35. The van der Waals surface area contributed by atoms with Crippen molar-refractivity contribution in [2.45, 2.75) is 26.3 Å². The molecule has 1 fully saturated rings. The normalized spacial score (nSPS) is 23.0. The van der Waals surface area contributed by atoms with E-state index in [0.717, 1.165) is 12.2 Å². The average Bonchev–Trinajstić information content (AvgIpc) is 2.50. The van der Waals surface area contributed by atoms with E-state index in [0.29, 0.717) is 18.5 Å². The summed E-state index contributed by atoms with van der Waals surface area (Å²) in [7, 11) is 2.00. The minimum absolute atomic E-state index is 0.185. The van der Waals surface area contributed by atoms with Crippen molar-refractivity contribution in [3.05, 3.63) is 24.3 Å². The first-order valence-electron chi connectivity index (χ1n) is 8.05. The maximum Gasteiger partial charge on any atom is 0.0606 e. The molecule has 2 rings (SSSR count). The Labute approximate surface area is 128 Å². The summed E-state index contributed by atoms with van der Waals surface area (Å²) >= 11 is 0. The van der Waals surface area contributed by atoms with Gasteiger partial charge in [0.2, 0.25) is 0 Å². The van der Waals surface area contributed by atoms with Crippen LogP contribution in [-0.4, -0.2) is 55.9 Å². The maximum absolute atomic E-state index is 8.98. The SMILES string of the molecule is CCN1CCC(Nc2ccc(N(C)CCO)cc2)C(C)C1. The van der Waals surface area contributed by atoms with E-state index in [-0.39, 0.29) is 6.61 Å². The predicted molar refractivity (Wildman–Crippen MR) is 90.1 cm³/mol. The fourth-order valence-corrected chi connectivity index (χ4v) is 3.04. The molecule has 2 N–H and O–H groups in total. The van der Waals surface area contributed by atoms with Crippen LogP contribution in [0, 0.1) is 5.92 Å². The highest BCUT2D eigenvalue weighted by Crippen LogP contribution is 2.23. The van der Waals surface area contributed by atoms with Crippen molar-refractivity contribution in [2.75, 3.05) is 50.1 Å². The number of likely N-dealkylation sites (tertiary alicyclic amines) is 1. The molecule has 2 unspecified atom stereocenters. The number of hydrogen-bond donors (Lipinski definition) is 2. The van der Waals surface area contributed by atoms with Gasteiger partial charge in [-0.3, -0.25) is 0 Å². The molecule has 1 saturated heterocycles. The van der Waals surface area contributed by atoms with Gasteiger partial charge in [0.05, 0.1) is 6.61 Å². The quantitative estimate of drug-likeness (QED) is 0.843. The number of hydrogen-bond acceptors (Lipinski definition) is 4. The first-order valence-corrected chi connectivity index (χ1v) is 8.05. The molecule has 21 heavy (non-hydrogen) atoms. The Morgan fingerprint density at radius 3 is 2.62 bits per heavy atom. The second-order valence-electron chi connectivity index (χ2n) is 6.10. The van der Waals surface area contributed by atoms with Gasteiger partial charge in [-0.2, -0.15) is 0 Å². The number of piperidine rings is 1. The van der Waals surface area contributed by atoms with Crippen molar-refractivity contribution >= 4 is 11.4 Å². The zero-order valence-electron chi connectivity index (χ0n) is 13.5. The molecule has 1 aromatic rings. The van der Waals surface area contributed by atoms with Crippen molar-refractivity contribution in [2.24, 2.45) is 5.92 Å². The van der Waals surface area contributed by atoms with Gasteiger partial charge >= 0.3 is 0 Å². The second-order valence-corrected chi connectivity index (χ2v) is 6.10. The molecule has 4 heteroatoms. The Morgan fingerprint density at radius 1 is 1.33 bits per heavy atom. The van der Waals surface area contributed by atoms with Crippen molar-refractivity contribution in [3.63, 3.8) is 0 Å². The van der Waals surface area contributed by atoms with E-state index in [1.165, 1.54) is 25.2 Å². The van der Waals surface area contributed by atoms with Gasteiger partial charge in [-0.1, -0.05) is 13.8 Å². The van der Waals surface area contributed by atoms with Gasteiger partial charge in [-0.15, -0.1) is 0 Å². The van der Waals surface area contributed by atoms with E-state index in [9.17, 15) is 0 Å². The highest BCUT2D eigenvalue weighted by Gasteiger charge is 2.24. The highest BCUT2D eigenvalue weighted by atomic mass is 16.3. The third-order valence-corrected chi connectivity index (χ3v) is 4.53. The molecule has 1 aromatic carbocycles. The lowest BCUT2D eigenvalue weighted by molar-refractivity contribution is 0.179. The van der Waals surface area contributed by atoms with Crippen molar-refractivity contribution in [1.82, 2.24) is 4.90 Å². The molecule has 1 heterocycles. The lowest BCUT2D eigenvalue weighted by Crippen LogP contribution is -2.44. The summed E-state index contributed by atoms with van der Waals surface area (Å²) in [5.41, 5.74) is 2.33. The topological polar surface area (TPSA) is 38.7 Å². The Bertz CT molecular complexity index is 421. The van der Waals surface area contributed by atoms with Gasteiger partial charge in [-0.25, -0.2) is 0 Å². The van der Waals surface area contributed by atoms with E-state index >= 15 is 0 Å². The van der Waals surface area contributed by atoms with Gasteiger partial charge in [-0.05, 0) is 43.1 Å². The van der Waals surface area contributed by atoms with E-state index in [2.05, 4.69) is 53.2 Å². The van der Waals surface area contributed by atoms with E-state index in [1.807, 2.05) is 7.05 Å². The Kier molecular flexibility index (Phi) is 5.88. The van der Waals surface area contributed by atoms with E-state index in [1.54, 1.807) is 0 Å². The van der Waals surface area contributed by atoms with Gasteiger partial charge in [0, 0.05) is 44.1 Å². The van der Waals surface area contributed by atoms with Gasteiger partial charge in [0.25, 0.3) is 0 Å². The zero-order valence-corrected chi connectivity index (χ0v) is 13.5. The fraction of sp³-hybridized carbons (Fsp3) is 0.647. The predicted octanol–water partition coefficient (Wildman–Crippen LogP) is 2.26. The van der Waals surface area contributed by atoms with Crippen molar-refractivity contribution < 1.29 is 5.11 Å². The molecule has 0 aromatic heterocycles. The van der Waals surface area contributed by atoms with Crippen LogP contribution in [-0.2, 0) is 0 Å². The minimum Gasteiger partial charge on any atom is -0.395 e. The van der Waals surface area contributed by atoms with Crippen molar-refractivity contribution in [3.8, 4) is 0 Å². The van der Waals surface area contributed by atoms with Gasteiger partial charge < -0.3 is 20.2 Å². The zero-order chi connectivity index (χ0) is 15.2. The third-order valence-electron chi connectivity index (χ3n) is 4.53. The van der Waals surface area contributed by atoms with Crippen LogP contribution in [0.4, 0.5) is 11.4 Å². The van der Waals surface area contributed by atoms with Crippen LogP contribution in [0.3, 0.4) is 0 Å². The molecule has 0 amide bonds. The summed E-state index contributed by atoms with van der Waals surface area (Å²) in [6, 6.07) is 9.08. The summed E-state index contributed by atoms with van der Waals surface area (Å²) in [4.78, 5) is 4.59. The van der Waals surface area contributed by atoms with Crippen LogP contribution < -0.4 is 10.2 Å². The number of likely N-dealkylation sites (N-methyl/N-ethyl adjacent to an activating group) is 1. The standard InChI is InChI=1S/C17H29N3O/c1-4-20-10-9-17(14(2)13-20)18-15-5-7-16(8-6-15)19(3)11-12-21/h5-8,14,17-18,21H,4,9-13H2,1-3H3. The van der Waals surface area contributed by atoms with E-state index in [4.69, 9.17) is 5.11 Å². The smallest absolute Gasteiger partial charge is 0.0606 e. The number of anilines is 2.